The van der Waals surface area contributed by atoms with E-state index in [0.29, 0.717) is 26.3 Å². The molecule has 2 amide bonds. The van der Waals surface area contributed by atoms with E-state index in [0.717, 1.165) is 17.7 Å². The number of aromatic nitrogens is 1. The van der Waals surface area contributed by atoms with Crippen molar-refractivity contribution in [1.82, 2.24) is 15.6 Å². The number of alkyl carbamates (subject to hydrolysis) is 1. The number of thiazole rings is 1. The van der Waals surface area contributed by atoms with Gasteiger partial charge in [0, 0.05) is 11.9 Å². The third-order valence-electron chi connectivity index (χ3n) is 5.00. The van der Waals surface area contributed by atoms with Crippen LogP contribution in [-0.4, -0.2) is 22.6 Å². The highest BCUT2D eigenvalue weighted by Crippen LogP contribution is 2.34. The van der Waals surface area contributed by atoms with E-state index >= 15 is 0 Å². The minimum atomic E-state index is -4.52. The fourth-order valence-corrected chi connectivity index (χ4v) is 4.46. The molecule has 3 rings (SSSR count). The summed E-state index contributed by atoms with van der Waals surface area (Å²) in [5.74, 6) is -0.323. The Morgan fingerprint density at radius 1 is 1.11 bits per heavy atom. The van der Waals surface area contributed by atoms with Gasteiger partial charge in [-0.2, -0.15) is 13.2 Å². The van der Waals surface area contributed by atoms with Crippen LogP contribution in [0.3, 0.4) is 0 Å². The maximum absolute atomic E-state index is 13.4. The van der Waals surface area contributed by atoms with Crippen LogP contribution >= 0.6 is 27.3 Å². The molecule has 1 aromatic heterocycles. The first-order valence-corrected chi connectivity index (χ1v) is 12.6. The summed E-state index contributed by atoms with van der Waals surface area (Å²) in [6, 6.07) is 9.88. The van der Waals surface area contributed by atoms with E-state index in [9.17, 15) is 22.8 Å². The number of benzene rings is 2. The predicted molar refractivity (Wildman–Crippen MR) is 136 cm³/mol. The molecule has 11 heteroatoms. The molecule has 0 radical (unpaired) electrons. The van der Waals surface area contributed by atoms with Crippen LogP contribution < -0.4 is 10.6 Å². The molecule has 6 nitrogen and oxygen atoms in total. The van der Waals surface area contributed by atoms with E-state index in [2.05, 4.69) is 31.5 Å². The highest BCUT2D eigenvalue weighted by Gasteiger charge is 2.31. The average molecular weight is 584 g/mol. The molecule has 1 atom stereocenters. The zero-order chi connectivity index (χ0) is 26.7. The largest absolute Gasteiger partial charge is 0.444 e. The van der Waals surface area contributed by atoms with Gasteiger partial charge < -0.3 is 15.4 Å². The predicted octanol–water partition coefficient (Wildman–Crippen LogP) is 7.11. The monoisotopic (exact) mass is 583 g/mol. The third kappa shape index (κ3) is 7.54. The van der Waals surface area contributed by atoms with Crippen molar-refractivity contribution >= 4 is 39.3 Å². The van der Waals surface area contributed by atoms with Crippen molar-refractivity contribution < 1.29 is 27.5 Å². The first-order valence-electron chi connectivity index (χ1n) is 10.9. The molecule has 0 saturated heterocycles. The maximum atomic E-state index is 13.4. The Hall–Kier alpha value is -2.92. The summed E-state index contributed by atoms with van der Waals surface area (Å²) in [6.07, 6.45) is -5.18. The summed E-state index contributed by atoms with van der Waals surface area (Å²) in [5, 5.41) is 7.47. The number of ether oxygens (including phenoxy) is 1. The third-order valence-corrected chi connectivity index (χ3v) is 6.55. The molecule has 0 aliphatic rings. The Morgan fingerprint density at radius 3 is 2.33 bits per heavy atom. The van der Waals surface area contributed by atoms with Crippen molar-refractivity contribution in [3.63, 3.8) is 0 Å². The van der Waals surface area contributed by atoms with Gasteiger partial charge in [-0.15, -0.1) is 11.3 Å². The fourth-order valence-electron chi connectivity index (χ4n) is 3.31. The Kier molecular flexibility index (Phi) is 8.45. The van der Waals surface area contributed by atoms with Crippen molar-refractivity contribution in [3.8, 4) is 11.1 Å². The van der Waals surface area contributed by atoms with Gasteiger partial charge in [-0.05, 0) is 78.0 Å². The fraction of sp³-hybridized carbons (Fsp3) is 0.320. The van der Waals surface area contributed by atoms with Crippen LogP contribution in [0.2, 0.25) is 0 Å². The number of nitrogens with one attached hydrogen (secondary N) is 2. The lowest BCUT2D eigenvalue weighted by Gasteiger charge is -2.20. The number of nitrogens with zero attached hydrogens (tertiary/aromatic N) is 1. The van der Waals surface area contributed by atoms with Crippen LogP contribution in [0, 0.1) is 0 Å². The van der Waals surface area contributed by atoms with Crippen molar-refractivity contribution in [3.05, 3.63) is 74.1 Å². The highest BCUT2D eigenvalue weighted by atomic mass is 79.9. The second kappa shape index (κ2) is 11.0. The normalized spacial score (nSPS) is 12.7. The molecule has 36 heavy (non-hydrogen) atoms. The van der Waals surface area contributed by atoms with Gasteiger partial charge in [0.2, 0.25) is 0 Å². The molecule has 0 aliphatic heterocycles. The number of carbonyl (C=O) groups excluding carboxylic acids is 2. The standard InChI is InChI=1S/C25H25BrF3N3O3S/c1-14(31-21(33)22-32-20(26)13-36-22)15-5-7-16(8-6-15)19-11-18(25(27,28)29)10-9-17(19)12-30-23(34)35-24(2,3)4/h5-11,13-14H,12H2,1-4H3,(H,30,34)(H,31,33)/t14-/m1/s1. The lowest BCUT2D eigenvalue weighted by Crippen LogP contribution is -2.32. The summed E-state index contributed by atoms with van der Waals surface area (Å²) in [7, 11) is 0. The zero-order valence-electron chi connectivity index (χ0n) is 20.0. The van der Waals surface area contributed by atoms with Gasteiger partial charge in [0.15, 0.2) is 5.01 Å². The first-order chi connectivity index (χ1) is 16.7. The van der Waals surface area contributed by atoms with Crippen LogP contribution in [-0.2, 0) is 17.5 Å². The molecule has 2 aromatic carbocycles. The molecular formula is C25H25BrF3N3O3S. The topological polar surface area (TPSA) is 80.3 Å². The summed E-state index contributed by atoms with van der Waals surface area (Å²) in [4.78, 5) is 28.5. The zero-order valence-corrected chi connectivity index (χ0v) is 22.4. The molecule has 0 aliphatic carbocycles. The van der Waals surface area contributed by atoms with Gasteiger partial charge in [-0.3, -0.25) is 4.79 Å². The summed E-state index contributed by atoms with van der Waals surface area (Å²) in [5.41, 5.74) is 0.633. The van der Waals surface area contributed by atoms with Crippen molar-refractivity contribution in [2.45, 2.75) is 52.1 Å². The molecule has 0 spiro atoms. The number of carbonyl (C=O) groups is 2. The van der Waals surface area contributed by atoms with Crippen molar-refractivity contribution in [2.75, 3.05) is 0 Å². The lowest BCUT2D eigenvalue weighted by atomic mass is 9.95. The van der Waals surface area contributed by atoms with Gasteiger partial charge in [-0.25, -0.2) is 9.78 Å². The van der Waals surface area contributed by atoms with Crippen molar-refractivity contribution in [1.29, 1.82) is 0 Å². The van der Waals surface area contributed by atoms with Gasteiger partial charge >= 0.3 is 12.3 Å². The minimum absolute atomic E-state index is 0.0139. The number of hydrogen-bond acceptors (Lipinski definition) is 5. The van der Waals surface area contributed by atoms with Gasteiger partial charge in [0.05, 0.1) is 11.6 Å². The molecule has 1 heterocycles. The SMILES string of the molecule is C[C@@H](NC(=O)c1nc(Br)cs1)c1ccc(-c2cc(C(F)(F)F)ccc2CNC(=O)OC(C)(C)C)cc1. The highest BCUT2D eigenvalue weighted by molar-refractivity contribution is 9.10. The van der Waals surface area contributed by atoms with Gasteiger partial charge in [0.1, 0.15) is 10.2 Å². The quantitative estimate of drug-likeness (QED) is 0.324. The number of amides is 2. The summed E-state index contributed by atoms with van der Waals surface area (Å²) < 4.78 is 46.0. The second-order valence-corrected chi connectivity index (χ2v) is 10.7. The Bertz CT molecular complexity index is 1240. The molecule has 192 valence electrons. The van der Waals surface area contributed by atoms with Crippen LogP contribution in [0.1, 0.15) is 60.2 Å². The maximum Gasteiger partial charge on any atom is 0.416 e. The van der Waals surface area contributed by atoms with Crippen LogP contribution in [0.5, 0.6) is 0 Å². The molecule has 0 unspecified atom stereocenters. The van der Waals surface area contributed by atoms with Crippen LogP contribution in [0.25, 0.3) is 11.1 Å². The van der Waals surface area contributed by atoms with E-state index in [1.54, 1.807) is 57.3 Å². The molecule has 0 fully saturated rings. The van der Waals surface area contributed by atoms with Gasteiger partial charge in [0.25, 0.3) is 5.91 Å². The molecule has 0 bridgehead atoms. The number of rotatable bonds is 6. The second-order valence-electron chi connectivity index (χ2n) is 9.02. The number of alkyl halides is 3. The van der Waals surface area contributed by atoms with Crippen molar-refractivity contribution in [2.24, 2.45) is 0 Å². The van der Waals surface area contributed by atoms with Gasteiger partial charge in [-0.1, -0.05) is 30.3 Å². The number of hydrogen-bond donors (Lipinski definition) is 2. The number of halogens is 4. The van der Waals surface area contributed by atoms with E-state index < -0.39 is 23.4 Å². The van der Waals surface area contributed by atoms with Crippen LogP contribution in [0.15, 0.2) is 52.4 Å². The molecule has 3 aromatic rings. The molecule has 0 saturated carbocycles. The van der Waals surface area contributed by atoms with E-state index in [1.807, 2.05) is 0 Å². The lowest BCUT2D eigenvalue weighted by molar-refractivity contribution is -0.137. The Morgan fingerprint density at radius 2 is 1.78 bits per heavy atom. The van der Waals surface area contributed by atoms with E-state index in [4.69, 9.17) is 4.74 Å². The Labute approximate surface area is 219 Å². The summed E-state index contributed by atoms with van der Waals surface area (Å²) >= 11 is 4.42. The Balaban J connectivity index is 1.82. The average Bonchev–Trinajstić information content (AvgIpc) is 3.22. The minimum Gasteiger partial charge on any atom is -0.444 e. The van der Waals surface area contributed by atoms with E-state index in [1.165, 1.54) is 17.4 Å². The van der Waals surface area contributed by atoms with Crippen LogP contribution in [0.4, 0.5) is 18.0 Å². The molecular weight excluding hydrogens is 559 g/mol. The van der Waals surface area contributed by atoms with E-state index in [-0.39, 0.29) is 18.5 Å². The smallest absolute Gasteiger partial charge is 0.416 e. The molecule has 2 N–H and O–H groups in total. The summed E-state index contributed by atoms with van der Waals surface area (Å²) in [6.45, 7) is 6.95. The first kappa shape index (κ1) is 27.7.